The zero-order valence-electron chi connectivity index (χ0n) is 22.9. The smallest absolute Gasteiger partial charge is 0.257 e. The molecule has 3 rings (SSSR count). The maximum atomic E-state index is 12.2. The van der Waals surface area contributed by atoms with Gasteiger partial charge in [0.15, 0.2) is 6.61 Å². The Morgan fingerprint density at radius 1 is 1.15 bits per heavy atom. The van der Waals surface area contributed by atoms with Crippen LogP contribution < -0.4 is 30.3 Å². The van der Waals surface area contributed by atoms with Crippen LogP contribution in [-0.4, -0.2) is 61.3 Å². The van der Waals surface area contributed by atoms with Gasteiger partial charge in [0, 0.05) is 37.9 Å². The van der Waals surface area contributed by atoms with E-state index in [1.807, 2.05) is 13.8 Å². The lowest BCUT2D eigenvalue weighted by atomic mass is 10.0. The number of hydrogen-bond donors (Lipinski definition) is 4. The normalized spacial score (nSPS) is 13.3. The Kier molecular flexibility index (Phi) is 14.2. The van der Waals surface area contributed by atoms with Crippen molar-refractivity contribution in [2.75, 3.05) is 26.4 Å². The van der Waals surface area contributed by atoms with Gasteiger partial charge in [-0.25, -0.2) is 5.43 Å². The molecule has 4 N–H and O–H groups in total. The van der Waals surface area contributed by atoms with Crippen molar-refractivity contribution < 1.29 is 28.9 Å². The third-order valence-corrected chi connectivity index (χ3v) is 5.98. The minimum Gasteiger partial charge on any atom is -0.493 e. The molecule has 0 bridgehead atoms. The van der Waals surface area contributed by atoms with E-state index in [1.165, 1.54) is 0 Å². The number of nitrogens with zero attached hydrogens (tertiary/aromatic N) is 2. The SMILES string of the molecule is CC(C)NC(O)CCOc1ccc(OCCCNC(=O)COc2ccc(C3=NNC(=O)CC3)cc2Cl)cc1C#N.Cl. The molecule has 1 unspecified atom stereocenters. The van der Waals surface area contributed by atoms with E-state index in [9.17, 15) is 20.0 Å². The summed E-state index contributed by atoms with van der Waals surface area (Å²) < 4.78 is 16.9. The highest BCUT2D eigenvalue weighted by Gasteiger charge is 2.15. The van der Waals surface area contributed by atoms with E-state index >= 15 is 0 Å². The van der Waals surface area contributed by atoms with Crippen LogP contribution in [0.15, 0.2) is 41.5 Å². The van der Waals surface area contributed by atoms with Crippen molar-refractivity contribution in [3.63, 3.8) is 0 Å². The molecule has 0 saturated carbocycles. The zero-order valence-corrected chi connectivity index (χ0v) is 24.5. The number of rotatable bonds is 15. The van der Waals surface area contributed by atoms with Gasteiger partial charge in [-0.15, -0.1) is 12.4 Å². The van der Waals surface area contributed by atoms with Crippen molar-refractivity contribution in [3.05, 3.63) is 52.5 Å². The number of hydrazone groups is 1. The van der Waals surface area contributed by atoms with Crippen molar-refractivity contribution in [2.24, 2.45) is 5.10 Å². The number of aliphatic hydroxyl groups excluding tert-OH is 1. The first-order valence-corrected chi connectivity index (χ1v) is 13.4. The summed E-state index contributed by atoms with van der Waals surface area (Å²) in [6.45, 7) is 4.64. The van der Waals surface area contributed by atoms with Gasteiger partial charge in [0.2, 0.25) is 5.91 Å². The van der Waals surface area contributed by atoms with Crippen LogP contribution >= 0.6 is 24.0 Å². The number of carbonyl (C=O) groups excluding carboxylic acids is 2. The summed E-state index contributed by atoms with van der Waals surface area (Å²) in [7, 11) is 0. The molecule has 0 aromatic heterocycles. The van der Waals surface area contributed by atoms with Crippen LogP contribution in [-0.2, 0) is 9.59 Å². The number of hydrogen-bond acceptors (Lipinski definition) is 9. The summed E-state index contributed by atoms with van der Waals surface area (Å²) in [4.78, 5) is 23.4. The summed E-state index contributed by atoms with van der Waals surface area (Å²) in [5.74, 6) is 0.878. The van der Waals surface area contributed by atoms with Crippen LogP contribution in [0.25, 0.3) is 0 Å². The predicted octanol–water partition coefficient (Wildman–Crippen LogP) is 3.30. The van der Waals surface area contributed by atoms with Gasteiger partial charge in [0.05, 0.1) is 29.5 Å². The van der Waals surface area contributed by atoms with Crippen LogP contribution in [0, 0.1) is 11.3 Å². The van der Waals surface area contributed by atoms with Gasteiger partial charge in [0.1, 0.15) is 29.5 Å². The molecular formula is C28H35Cl2N5O6. The van der Waals surface area contributed by atoms with Gasteiger partial charge >= 0.3 is 0 Å². The molecule has 41 heavy (non-hydrogen) atoms. The molecule has 1 atom stereocenters. The Morgan fingerprint density at radius 2 is 1.93 bits per heavy atom. The Bertz CT molecular complexity index is 1250. The average molecular weight is 609 g/mol. The molecule has 2 amide bonds. The second-order valence-electron chi connectivity index (χ2n) is 9.32. The van der Waals surface area contributed by atoms with Crippen LogP contribution in [0.5, 0.6) is 17.2 Å². The number of nitrogens with one attached hydrogen (secondary N) is 3. The molecule has 1 aliphatic rings. The monoisotopic (exact) mass is 607 g/mol. The largest absolute Gasteiger partial charge is 0.493 e. The van der Waals surface area contributed by atoms with Gasteiger partial charge in [-0.05, 0) is 56.2 Å². The van der Waals surface area contributed by atoms with Crippen LogP contribution in [0.2, 0.25) is 5.02 Å². The standard InChI is InChI=1S/C28H34ClN5O6.ClH/c1-18(2)32-26(35)10-13-39-24-8-5-21(14-20(24)16-30)38-12-3-11-31-28(37)17-40-25-7-4-19(15-22(25)29)23-6-9-27(36)34-33-23;/h4-5,7-8,14-15,18,26,32,35H,3,6,9-13,17H2,1-2H3,(H,31,37)(H,34,36);1H. The number of nitriles is 1. The van der Waals surface area contributed by atoms with E-state index in [0.29, 0.717) is 66.7 Å². The Morgan fingerprint density at radius 3 is 2.61 bits per heavy atom. The topological polar surface area (TPSA) is 154 Å². The first kappa shape index (κ1) is 33.6. The molecule has 1 aliphatic heterocycles. The third-order valence-electron chi connectivity index (χ3n) is 5.69. The quantitative estimate of drug-likeness (QED) is 0.178. The minimum atomic E-state index is -0.681. The first-order valence-electron chi connectivity index (χ1n) is 13.0. The van der Waals surface area contributed by atoms with Crippen molar-refractivity contribution in [1.82, 2.24) is 16.1 Å². The van der Waals surface area contributed by atoms with Gasteiger partial charge in [0.25, 0.3) is 5.91 Å². The zero-order chi connectivity index (χ0) is 28.9. The number of halogens is 2. The van der Waals surface area contributed by atoms with Crippen LogP contribution in [0.4, 0.5) is 0 Å². The highest BCUT2D eigenvalue weighted by molar-refractivity contribution is 6.32. The Hall–Kier alpha value is -3.56. The average Bonchev–Trinajstić information content (AvgIpc) is 2.92. The molecule has 0 saturated heterocycles. The van der Waals surface area contributed by atoms with Crippen molar-refractivity contribution in [2.45, 2.75) is 51.8 Å². The molecule has 0 aliphatic carbocycles. The van der Waals surface area contributed by atoms with E-state index in [2.05, 4.69) is 27.2 Å². The second-order valence-corrected chi connectivity index (χ2v) is 9.73. The van der Waals surface area contributed by atoms with Gasteiger partial charge in [-0.2, -0.15) is 10.4 Å². The van der Waals surface area contributed by atoms with E-state index in [-0.39, 0.29) is 43.5 Å². The Labute approximate surface area is 250 Å². The summed E-state index contributed by atoms with van der Waals surface area (Å²) in [6.07, 6.45) is 1.14. The second kappa shape index (κ2) is 17.3. The summed E-state index contributed by atoms with van der Waals surface area (Å²) >= 11 is 6.29. The fourth-order valence-electron chi connectivity index (χ4n) is 3.72. The molecule has 0 radical (unpaired) electrons. The van der Waals surface area contributed by atoms with E-state index < -0.39 is 6.23 Å². The number of ether oxygens (including phenoxy) is 3. The van der Waals surface area contributed by atoms with Gasteiger partial charge in [-0.1, -0.05) is 11.6 Å². The fraction of sp³-hybridized carbons (Fsp3) is 0.429. The van der Waals surface area contributed by atoms with Crippen molar-refractivity contribution >= 4 is 41.5 Å². The molecule has 2 aromatic carbocycles. The van der Waals surface area contributed by atoms with E-state index in [4.69, 9.17) is 25.8 Å². The lowest BCUT2D eigenvalue weighted by Crippen LogP contribution is -2.35. The minimum absolute atomic E-state index is 0. The van der Waals surface area contributed by atoms with Crippen molar-refractivity contribution in [1.29, 1.82) is 5.26 Å². The van der Waals surface area contributed by atoms with Crippen molar-refractivity contribution in [3.8, 4) is 23.3 Å². The first-order chi connectivity index (χ1) is 19.2. The van der Waals surface area contributed by atoms with E-state index in [0.717, 1.165) is 11.3 Å². The lowest BCUT2D eigenvalue weighted by molar-refractivity contribution is -0.123. The van der Waals surface area contributed by atoms with Gasteiger partial charge in [-0.3, -0.25) is 14.9 Å². The number of carbonyl (C=O) groups is 2. The van der Waals surface area contributed by atoms with Crippen LogP contribution in [0.1, 0.15) is 50.7 Å². The third kappa shape index (κ3) is 11.4. The highest BCUT2D eigenvalue weighted by Crippen LogP contribution is 2.27. The number of aliphatic hydroxyl groups is 1. The van der Waals surface area contributed by atoms with Crippen LogP contribution in [0.3, 0.4) is 0 Å². The molecule has 222 valence electrons. The fourth-order valence-corrected chi connectivity index (χ4v) is 3.96. The maximum Gasteiger partial charge on any atom is 0.257 e. The lowest BCUT2D eigenvalue weighted by Gasteiger charge is -2.16. The highest BCUT2D eigenvalue weighted by atomic mass is 35.5. The predicted molar refractivity (Wildman–Crippen MR) is 157 cm³/mol. The number of benzene rings is 2. The summed E-state index contributed by atoms with van der Waals surface area (Å²) in [5, 5.41) is 29.4. The maximum absolute atomic E-state index is 12.2. The molecule has 13 heteroatoms. The molecule has 11 nitrogen and oxygen atoms in total. The molecule has 1 heterocycles. The van der Waals surface area contributed by atoms with E-state index in [1.54, 1.807) is 36.4 Å². The number of amides is 2. The Balaban J connectivity index is 0.00000588. The molecular weight excluding hydrogens is 573 g/mol. The van der Waals surface area contributed by atoms with Gasteiger partial charge < -0.3 is 24.6 Å². The molecule has 0 spiro atoms. The summed E-state index contributed by atoms with van der Waals surface area (Å²) in [6, 6.07) is 12.3. The molecule has 0 fully saturated rings. The molecule has 2 aromatic rings. The summed E-state index contributed by atoms with van der Waals surface area (Å²) in [5.41, 5.74) is 4.29.